The van der Waals surface area contributed by atoms with Gasteiger partial charge in [0.2, 0.25) is 15.9 Å². The van der Waals surface area contributed by atoms with Crippen LogP contribution in [0.5, 0.6) is 0 Å². The van der Waals surface area contributed by atoms with Gasteiger partial charge in [-0.15, -0.1) is 0 Å². The van der Waals surface area contributed by atoms with Crippen LogP contribution < -0.4 is 10.5 Å². The minimum absolute atomic E-state index is 0.0406. The first kappa shape index (κ1) is 19.4. The summed E-state index contributed by atoms with van der Waals surface area (Å²) in [5.41, 5.74) is 0.422. The molecule has 0 fully saturated rings. The number of sulfonamides is 1. The van der Waals surface area contributed by atoms with Gasteiger partial charge in [0.1, 0.15) is 11.5 Å². The molecule has 0 bridgehead atoms. The summed E-state index contributed by atoms with van der Waals surface area (Å²) in [6.45, 7) is 0. The predicted octanol–water partition coefficient (Wildman–Crippen LogP) is 1.68. The standard InChI is InChI=1S/C17H18N2O6S/c1-24-17(21)11-7-14-5-4-13(25-14)6-10-16(20)19-12-2-8-15(9-3-12)26(18,22)23/h2-6,8-10H,7,11H2,1H3,(H,19,20)(H2,18,22,23)/b10-6+. The number of rotatable bonds is 7. The van der Waals surface area contributed by atoms with Crippen molar-refractivity contribution in [3.8, 4) is 0 Å². The second-order valence-corrected chi connectivity index (χ2v) is 6.83. The Morgan fingerprint density at radius 3 is 2.50 bits per heavy atom. The van der Waals surface area contributed by atoms with Crippen LogP contribution in [0, 0.1) is 0 Å². The SMILES string of the molecule is COC(=O)CCc1ccc(/C=C/C(=O)Nc2ccc(S(N)(=O)=O)cc2)o1. The molecule has 1 aromatic heterocycles. The van der Waals surface area contributed by atoms with E-state index in [1.54, 1.807) is 12.1 Å². The van der Waals surface area contributed by atoms with E-state index in [4.69, 9.17) is 9.56 Å². The summed E-state index contributed by atoms with van der Waals surface area (Å²) in [5.74, 6) is 0.325. The van der Waals surface area contributed by atoms with Crippen LogP contribution >= 0.6 is 0 Å². The lowest BCUT2D eigenvalue weighted by atomic mass is 10.2. The van der Waals surface area contributed by atoms with Crippen LogP contribution in [0.1, 0.15) is 17.9 Å². The molecule has 0 saturated heterocycles. The van der Waals surface area contributed by atoms with Crippen molar-refractivity contribution < 1.29 is 27.2 Å². The van der Waals surface area contributed by atoms with Gasteiger partial charge in [0.25, 0.3) is 0 Å². The topological polar surface area (TPSA) is 129 Å². The highest BCUT2D eigenvalue weighted by Crippen LogP contribution is 2.14. The first-order chi connectivity index (χ1) is 12.3. The van der Waals surface area contributed by atoms with Gasteiger partial charge < -0.3 is 14.5 Å². The lowest BCUT2D eigenvalue weighted by Crippen LogP contribution is -2.12. The van der Waals surface area contributed by atoms with E-state index in [0.717, 1.165) is 0 Å². The largest absolute Gasteiger partial charge is 0.469 e. The summed E-state index contributed by atoms with van der Waals surface area (Å²) in [6.07, 6.45) is 3.37. The van der Waals surface area contributed by atoms with E-state index in [1.165, 1.54) is 43.5 Å². The number of nitrogens with two attached hydrogens (primary N) is 1. The maximum atomic E-state index is 11.9. The van der Waals surface area contributed by atoms with Crippen LogP contribution in [0.3, 0.4) is 0 Å². The third kappa shape index (κ3) is 5.87. The van der Waals surface area contributed by atoms with Crippen molar-refractivity contribution in [3.63, 3.8) is 0 Å². The van der Waals surface area contributed by atoms with Gasteiger partial charge in [-0.2, -0.15) is 0 Å². The number of carbonyl (C=O) groups is 2. The highest BCUT2D eigenvalue weighted by atomic mass is 32.2. The zero-order valence-corrected chi connectivity index (χ0v) is 14.8. The van der Waals surface area contributed by atoms with Crippen LogP contribution in [0.15, 0.2) is 51.8 Å². The number of primary sulfonamides is 1. The molecular weight excluding hydrogens is 360 g/mol. The molecule has 2 rings (SSSR count). The monoisotopic (exact) mass is 378 g/mol. The molecule has 0 aliphatic heterocycles. The van der Waals surface area contributed by atoms with Crippen molar-refractivity contribution in [2.45, 2.75) is 17.7 Å². The van der Waals surface area contributed by atoms with E-state index in [0.29, 0.717) is 23.6 Å². The molecule has 2 aromatic rings. The lowest BCUT2D eigenvalue weighted by molar-refractivity contribution is -0.140. The van der Waals surface area contributed by atoms with Gasteiger partial charge in [0, 0.05) is 18.2 Å². The number of hydrogen-bond acceptors (Lipinski definition) is 6. The van der Waals surface area contributed by atoms with E-state index in [1.807, 2.05) is 0 Å². The normalized spacial score (nSPS) is 11.5. The van der Waals surface area contributed by atoms with Gasteiger partial charge in [0.05, 0.1) is 18.4 Å². The summed E-state index contributed by atoms with van der Waals surface area (Å²) in [4.78, 5) is 22.9. The molecule has 0 aliphatic rings. The van der Waals surface area contributed by atoms with Gasteiger partial charge in [0.15, 0.2) is 0 Å². The third-order valence-corrected chi connectivity index (χ3v) is 4.26. The van der Waals surface area contributed by atoms with Crippen molar-refractivity contribution in [2.24, 2.45) is 5.14 Å². The number of ether oxygens (including phenoxy) is 1. The maximum Gasteiger partial charge on any atom is 0.305 e. The van der Waals surface area contributed by atoms with Crippen LogP contribution in [-0.2, 0) is 30.8 Å². The molecule has 0 spiro atoms. The third-order valence-electron chi connectivity index (χ3n) is 3.33. The number of carbonyl (C=O) groups excluding carboxylic acids is 2. The number of hydrogen-bond donors (Lipinski definition) is 2. The molecule has 0 radical (unpaired) electrons. The number of nitrogens with one attached hydrogen (secondary N) is 1. The summed E-state index contributed by atoms with van der Waals surface area (Å²) in [7, 11) is -2.45. The molecule has 9 heteroatoms. The van der Waals surface area contributed by atoms with Gasteiger partial charge >= 0.3 is 5.97 Å². The lowest BCUT2D eigenvalue weighted by Gasteiger charge is -2.03. The zero-order valence-electron chi connectivity index (χ0n) is 14.0. The minimum atomic E-state index is -3.77. The molecule has 0 atom stereocenters. The predicted molar refractivity (Wildman–Crippen MR) is 94.5 cm³/mol. The molecule has 26 heavy (non-hydrogen) atoms. The molecule has 0 unspecified atom stereocenters. The average molecular weight is 378 g/mol. The molecule has 3 N–H and O–H groups in total. The number of esters is 1. The summed E-state index contributed by atoms with van der Waals surface area (Å²) < 4.78 is 32.4. The molecule has 8 nitrogen and oxygen atoms in total. The Morgan fingerprint density at radius 1 is 1.19 bits per heavy atom. The quantitative estimate of drug-likeness (QED) is 0.557. The van der Waals surface area contributed by atoms with Crippen LogP contribution in [0.4, 0.5) is 5.69 Å². The maximum absolute atomic E-state index is 11.9. The number of benzene rings is 1. The van der Waals surface area contributed by atoms with Crippen LogP contribution in [0.2, 0.25) is 0 Å². The fraction of sp³-hybridized carbons (Fsp3) is 0.176. The minimum Gasteiger partial charge on any atom is -0.469 e. The Morgan fingerprint density at radius 2 is 1.88 bits per heavy atom. The Balaban J connectivity index is 1.91. The first-order valence-corrected chi connectivity index (χ1v) is 9.10. The van der Waals surface area contributed by atoms with Gasteiger partial charge in [-0.05, 0) is 42.5 Å². The molecule has 1 aromatic carbocycles. The fourth-order valence-corrected chi connectivity index (χ4v) is 2.53. The molecule has 138 valence electrons. The smallest absolute Gasteiger partial charge is 0.305 e. The summed E-state index contributed by atoms with van der Waals surface area (Å²) in [5, 5.41) is 7.59. The molecule has 0 saturated carbocycles. The second kappa shape index (κ2) is 8.45. The summed E-state index contributed by atoms with van der Waals surface area (Å²) >= 11 is 0. The van der Waals surface area contributed by atoms with Crippen molar-refractivity contribution in [3.05, 3.63) is 54.0 Å². The number of aryl methyl sites for hydroxylation is 1. The summed E-state index contributed by atoms with van der Waals surface area (Å²) in [6, 6.07) is 8.86. The van der Waals surface area contributed by atoms with Gasteiger partial charge in [-0.25, -0.2) is 13.6 Å². The van der Waals surface area contributed by atoms with Crippen molar-refractivity contribution in [2.75, 3.05) is 12.4 Å². The van der Waals surface area contributed by atoms with Crippen LogP contribution in [0.25, 0.3) is 6.08 Å². The highest BCUT2D eigenvalue weighted by Gasteiger charge is 2.08. The molecule has 1 heterocycles. The molecule has 1 amide bonds. The Hall–Kier alpha value is -2.91. The molecule has 0 aliphatic carbocycles. The van der Waals surface area contributed by atoms with Crippen molar-refractivity contribution in [1.29, 1.82) is 0 Å². The van der Waals surface area contributed by atoms with E-state index in [9.17, 15) is 18.0 Å². The number of anilines is 1. The van der Waals surface area contributed by atoms with Gasteiger partial charge in [-0.3, -0.25) is 9.59 Å². The van der Waals surface area contributed by atoms with E-state index in [2.05, 4.69) is 10.1 Å². The first-order valence-electron chi connectivity index (χ1n) is 7.55. The Kier molecular flexibility index (Phi) is 6.31. The molecular formula is C17H18N2O6S. The van der Waals surface area contributed by atoms with Crippen LogP contribution in [-0.4, -0.2) is 27.4 Å². The average Bonchev–Trinajstić information content (AvgIpc) is 3.05. The van der Waals surface area contributed by atoms with Crippen molar-refractivity contribution in [1.82, 2.24) is 0 Å². The second-order valence-electron chi connectivity index (χ2n) is 5.27. The Bertz CT molecular complexity index is 913. The fourth-order valence-electron chi connectivity index (χ4n) is 2.02. The van der Waals surface area contributed by atoms with E-state index < -0.39 is 15.9 Å². The Labute approximate surface area is 150 Å². The van der Waals surface area contributed by atoms with E-state index in [-0.39, 0.29) is 17.3 Å². The number of furan rings is 1. The number of methoxy groups -OCH3 is 1. The zero-order chi connectivity index (χ0) is 19.2. The van der Waals surface area contributed by atoms with Crippen molar-refractivity contribution >= 4 is 33.7 Å². The number of amides is 1. The van der Waals surface area contributed by atoms with E-state index >= 15 is 0 Å². The highest BCUT2D eigenvalue weighted by molar-refractivity contribution is 7.89. The van der Waals surface area contributed by atoms with Gasteiger partial charge in [-0.1, -0.05) is 0 Å².